The molecule has 0 amide bonds. The minimum absolute atomic E-state index is 0.192. The number of carboxylic acid groups (broad SMARTS) is 1. The van der Waals surface area contributed by atoms with Crippen molar-refractivity contribution in [1.82, 2.24) is 0 Å². The van der Waals surface area contributed by atoms with Crippen LogP contribution < -0.4 is 0 Å². The van der Waals surface area contributed by atoms with Gasteiger partial charge >= 0.3 is 5.97 Å². The predicted molar refractivity (Wildman–Crippen MR) is 36.8 cm³/mol. The molecule has 0 aromatic rings. The monoisotopic (exact) mass is 150 g/mol. The Bertz CT molecular complexity index is 299. The topological polar surface area (TPSA) is 37.3 Å². The van der Waals surface area contributed by atoms with Gasteiger partial charge in [0.05, 0.1) is 5.41 Å². The van der Waals surface area contributed by atoms with E-state index < -0.39 is 5.97 Å². The third-order valence-corrected chi connectivity index (χ3v) is 5.36. The van der Waals surface area contributed by atoms with E-state index in [1.54, 1.807) is 0 Å². The molecular formula is C9H10O2. The molecule has 2 heteroatoms. The fraction of sp³-hybridized carbons (Fsp3) is 0.889. The van der Waals surface area contributed by atoms with E-state index >= 15 is 0 Å². The quantitative estimate of drug-likeness (QED) is 0.604. The van der Waals surface area contributed by atoms with Crippen molar-refractivity contribution in [1.29, 1.82) is 0 Å². The van der Waals surface area contributed by atoms with Gasteiger partial charge in [-0.3, -0.25) is 4.79 Å². The molecule has 0 saturated heterocycles. The smallest absolute Gasteiger partial charge is 0.310 e. The van der Waals surface area contributed by atoms with Crippen LogP contribution in [0.4, 0.5) is 0 Å². The number of rotatable bonds is 1. The van der Waals surface area contributed by atoms with Crippen molar-refractivity contribution in [2.75, 3.05) is 0 Å². The Hall–Kier alpha value is -0.530. The Kier molecular flexibility index (Phi) is 0.424. The molecule has 5 aliphatic carbocycles. The van der Waals surface area contributed by atoms with Crippen molar-refractivity contribution in [3.63, 3.8) is 0 Å². The van der Waals surface area contributed by atoms with Crippen LogP contribution in [-0.2, 0) is 4.79 Å². The van der Waals surface area contributed by atoms with Crippen LogP contribution in [0.1, 0.15) is 13.3 Å². The van der Waals surface area contributed by atoms with Crippen molar-refractivity contribution in [2.45, 2.75) is 13.3 Å². The fourth-order valence-corrected chi connectivity index (χ4v) is 5.06. The Morgan fingerprint density at radius 2 is 2.18 bits per heavy atom. The van der Waals surface area contributed by atoms with Crippen molar-refractivity contribution >= 4 is 5.97 Å². The van der Waals surface area contributed by atoms with Gasteiger partial charge in [0.2, 0.25) is 0 Å². The average Bonchev–Trinajstić information content (AvgIpc) is 2.52. The van der Waals surface area contributed by atoms with E-state index in [0.29, 0.717) is 11.8 Å². The van der Waals surface area contributed by atoms with Gasteiger partial charge in [0.25, 0.3) is 0 Å². The van der Waals surface area contributed by atoms with E-state index in [2.05, 4.69) is 6.92 Å². The zero-order chi connectivity index (χ0) is 7.59. The summed E-state index contributed by atoms with van der Waals surface area (Å²) in [7, 11) is 0. The van der Waals surface area contributed by atoms with Gasteiger partial charge in [0.1, 0.15) is 0 Å². The molecule has 0 aliphatic heterocycles. The van der Waals surface area contributed by atoms with E-state index in [4.69, 9.17) is 5.11 Å². The summed E-state index contributed by atoms with van der Waals surface area (Å²) < 4.78 is 0. The normalized spacial score (nSPS) is 78.6. The van der Waals surface area contributed by atoms with Gasteiger partial charge in [0.15, 0.2) is 0 Å². The van der Waals surface area contributed by atoms with Crippen LogP contribution >= 0.6 is 0 Å². The van der Waals surface area contributed by atoms with E-state index in [-0.39, 0.29) is 10.8 Å². The summed E-state index contributed by atoms with van der Waals surface area (Å²) in [5.74, 6) is 2.37. The first-order valence-electron chi connectivity index (χ1n) is 4.40. The second kappa shape index (κ2) is 0.900. The lowest BCUT2D eigenvalue weighted by atomic mass is 9.73. The van der Waals surface area contributed by atoms with Crippen LogP contribution in [0, 0.1) is 34.5 Å². The lowest BCUT2D eigenvalue weighted by Crippen LogP contribution is -2.36. The van der Waals surface area contributed by atoms with Gasteiger partial charge in [-0.1, -0.05) is 6.92 Å². The van der Waals surface area contributed by atoms with Crippen LogP contribution in [0.25, 0.3) is 0 Å². The maximum Gasteiger partial charge on any atom is 0.310 e. The zero-order valence-electron chi connectivity index (χ0n) is 6.37. The molecule has 2 nitrogen and oxygen atoms in total. The first kappa shape index (κ1) is 5.18. The molecule has 5 rings (SSSR count). The van der Waals surface area contributed by atoms with Crippen LogP contribution in [0.15, 0.2) is 0 Å². The summed E-state index contributed by atoms with van der Waals surface area (Å²) >= 11 is 0. The summed E-state index contributed by atoms with van der Waals surface area (Å²) in [4.78, 5) is 11.0. The molecule has 11 heavy (non-hydrogen) atoms. The van der Waals surface area contributed by atoms with Gasteiger partial charge in [-0.15, -0.1) is 0 Å². The molecule has 5 fully saturated rings. The molecule has 0 heterocycles. The van der Waals surface area contributed by atoms with E-state index in [0.717, 1.165) is 11.8 Å². The Morgan fingerprint density at radius 1 is 1.45 bits per heavy atom. The van der Waals surface area contributed by atoms with Crippen molar-refractivity contribution in [3.8, 4) is 0 Å². The number of aliphatic carboxylic acids is 1. The largest absolute Gasteiger partial charge is 0.481 e. The molecular weight excluding hydrogens is 140 g/mol. The number of hydrogen-bond donors (Lipinski definition) is 1. The van der Waals surface area contributed by atoms with Crippen LogP contribution in [0.5, 0.6) is 0 Å². The second-order valence-electron chi connectivity index (χ2n) is 4.96. The lowest BCUT2D eigenvalue weighted by molar-refractivity contribution is -0.150. The molecule has 0 radical (unpaired) electrons. The second-order valence-corrected chi connectivity index (χ2v) is 4.96. The molecule has 0 spiro atoms. The minimum Gasteiger partial charge on any atom is -0.481 e. The third kappa shape index (κ3) is 0.207. The molecule has 6 atom stereocenters. The van der Waals surface area contributed by atoms with Gasteiger partial charge in [-0.2, -0.15) is 0 Å². The standard InChI is InChI=1S/C9H10O2/c1-8-3-2-4-6(5(3)8)9(4,8)7(10)11/h3-6H,2H2,1H3,(H,10,11). The molecule has 5 saturated carbocycles. The Morgan fingerprint density at radius 3 is 2.36 bits per heavy atom. The summed E-state index contributed by atoms with van der Waals surface area (Å²) in [5, 5.41) is 9.09. The first-order chi connectivity index (χ1) is 5.16. The first-order valence-corrected chi connectivity index (χ1v) is 4.40. The SMILES string of the molecule is CC12C3CC4C(C31)C42C(=O)O. The molecule has 0 aromatic carbocycles. The molecule has 0 aromatic heterocycles. The molecule has 2 bridgehead atoms. The van der Waals surface area contributed by atoms with Crippen molar-refractivity contribution in [2.24, 2.45) is 34.5 Å². The highest BCUT2D eigenvalue weighted by Crippen LogP contribution is 3.04. The molecule has 5 aliphatic rings. The lowest BCUT2D eigenvalue weighted by Gasteiger charge is -2.29. The van der Waals surface area contributed by atoms with Crippen LogP contribution in [-0.4, -0.2) is 11.1 Å². The van der Waals surface area contributed by atoms with Crippen LogP contribution in [0.2, 0.25) is 0 Å². The minimum atomic E-state index is -0.494. The average molecular weight is 150 g/mol. The molecule has 6 unspecified atom stereocenters. The number of carbonyl (C=O) groups is 1. The maximum atomic E-state index is 11.0. The highest BCUT2D eigenvalue weighted by Gasteiger charge is 3.05. The van der Waals surface area contributed by atoms with Crippen LogP contribution in [0.3, 0.4) is 0 Å². The highest BCUT2D eigenvalue weighted by molar-refractivity contribution is 5.87. The van der Waals surface area contributed by atoms with Gasteiger partial charge in [0, 0.05) is 0 Å². The highest BCUT2D eigenvalue weighted by atomic mass is 16.4. The summed E-state index contributed by atoms with van der Waals surface area (Å²) in [6.45, 7) is 2.19. The zero-order valence-corrected chi connectivity index (χ0v) is 6.37. The maximum absolute atomic E-state index is 11.0. The Balaban J connectivity index is 1.97. The molecule has 58 valence electrons. The number of hydrogen-bond acceptors (Lipinski definition) is 1. The van der Waals surface area contributed by atoms with E-state index in [9.17, 15) is 4.79 Å². The predicted octanol–water partition coefficient (Wildman–Crippen LogP) is 0.973. The van der Waals surface area contributed by atoms with Gasteiger partial charge in [-0.05, 0) is 35.5 Å². The Labute approximate surface area is 64.6 Å². The van der Waals surface area contributed by atoms with Crippen molar-refractivity contribution in [3.05, 3.63) is 0 Å². The third-order valence-electron chi connectivity index (χ3n) is 5.36. The molecule has 1 N–H and O–H groups in total. The fourth-order valence-electron chi connectivity index (χ4n) is 5.06. The van der Waals surface area contributed by atoms with E-state index in [1.807, 2.05) is 0 Å². The van der Waals surface area contributed by atoms with Gasteiger partial charge in [-0.25, -0.2) is 0 Å². The summed E-state index contributed by atoms with van der Waals surface area (Å²) in [6.07, 6.45) is 1.23. The van der Waals surface area contributed by atoms with Gasteiger partial charge < -0.3 is 5.11 Å². The summed E-state index contributed by atoms with van der Waals surface area (Å²) in [6, 6.07) is 0. The van der Waals surface area contributed by atoms with E-state index in [1.165, 1.54) is 6.42 Å². The number of carboxylic acids is 1. The summed E-state index contributed by atoms with van der Waals surface area (Å²) in [5.41, 5.74) is 0.0799. The van der Waals surface area contributed by atoms with Crippen molar-refractivity contribution < 1.29 is 9.90 Å².